The Morgan fingerprint density at radius 3 is 2.57 bits per heavy atom. The van der Waals surface area contributed by atoms with E-state index in [0.29, 0.717) is 26.2 Å². The highest BCUT2D eigenvalue weighted by Crippen LogP contribution is 2.32. The predicted octanol–water partition coefficient (Wildman–Crippen LogP) is 0.132. The number of rotatable bonds is 4. The first-order chi connectivity index (χ1) is 10.2. The van der Waals surface area contributed by atoms with E-state index < -0.39 is 18.3 Å². The Morgan fingerprint density at radius 1 is 1.05 bits per heavy atom. The Labute approximate surface area is 124 Å². The maximum Gasteiger partial charge on any atom is 0.0991 e. The first-order valence-corrected chi connectivity index (χ1v) is 7.58. The fraction of sp³-hybridized carbons (Fsp3) is 0.625. The molecular weight excluding hydrogens is 270 g/mol. The number of aliphatic hydroxyl groups is 3. The van der Waals surface area contributed by atoms with Crippen molar-refractivity contribution in [2.45, 2.75) is 49.8 Å². The molecule has 0 radical (unpaired) electrons. The second-order valence-electron chi connectivity index (χ2n) is 6.04. The number of nitrogens with zero attached hydrogens (tertiary/aromatic N) is 1. The van der Waals surface area contributed by atoms with Gasteiger partial charge in [0.1, 0.15) is 0 Å². The van der Waals surface area contributed by atoms with Crippen LogP contribution in [0.25, 0.3) is 0 Å². The van der Waals surface area contributed by atoms with Gasteiger partial charge in [-0.05, 0) is 18.4 Å². The molecule has 0 aromatic heterocycles. The molecule has 5 heteroatoms. The summed E-state index contributed by atoms with van der Waals surface area (Å²) in [6.45, 7) is 1.52. The van der Waals surface area contributed by atoms with Crippen molar-refractivity contribution < 1.29 is 20.1 Å². The summed E-state index contributed by atoms with van der Waals surface area (Å²) in [6.07, 6.45) is -0.741. The predicted molar refractivity (Wildman–Crippen MR) is 77.6 cm³/mol. The van der Waals surface area contributed by atoms with Gasteiger partial charge in [0.25, 0.3) is 0 Å². The number of ether oxygens (including phenoxy) is 1. The van der Waals surface area contributed by atoms with E-state index >= 15 is 0 Å². The lowest BCUT2D eigenvalue weighted by atomic mass is 9.92. The summed E-state index contributed by atoms with van der Waals surface area (Å²) < 4.78 is 5.79. The third-order valence-corrected chi connectivity index (χ3v) is 4.61. The molecule has 2 heterocycles. The lowest BCUT2D eigenvalue weighted by molar-refractivity contribution is -0.0626. The molecule has 2 aliphatic heterocycles. The second-order valence-corrected chi connectivity index (χ2v) is 6.04. The van der Waals surface area contributed by atoms with Crippen LogP contribution in [0.4, 0.5) is 0 Å². The zero-order valence-electron chi connectivity index (χ0n) is 12.0. The topological polar surface area (TPSA) is 73.2 Å². The average molecular weight is 293 g/mol. The van der Waals surface area contributed by atoms with Crippen molar-refractivity contribution >= 4 is 0 Å². The van der Waals surface area contributed by atoms with E-state index in [0.717, 1.165) is 12.0 Å². The molecule has 0 saturated carbocycles. The van der Waals surface area contributed by atoms with Crippen molar-refractivity contribution in [3.8, 4) is 0 Å². The minimum absolute atomic E-state index is 0.147. The fourth-order valence-corrected chi connectivity index (χ4v) is 3.48. The Hall–Kier alpha value is -0.980. The normalized spacial score (nSPS) is 36.6. The number of benzene rings is 1. The molecule has 2 aliphatic rings. The quantitative estimate of drug-likeness (QED) is 0.736. The average Bonchev–Trinajstić information content (AvgIpc) is 2.79. The summed E-state index contributed by atoms with van der Waals surface area (Å²) in [6, 6.07) is 9.78. The van der Waals surface area contributed by atoms with Gasteiger partial charge in [-0.2, -0.15) is 0 Å². The van der Waals surface area contributed by atoms with Gasteiger partial charge >= 0.3 is 0 Å². The van der Waals surface area contributed by atoms with Gasteiger partial charge in [0.2, 0.25) is 0 Å². The molecule has 0 aliphatic carbocycles. The van der Waals surface area contributed by atoms with Crippen LogP contribution in [0.15, 0.2) is 30.3 Å². The first-order valence-electron chi connectivity index (χ1n) is 7.58. The zero-order valence-corrected chi connectivity index (χ0v) is 12.0. The van der Waals surface area contributed by atoms with Crippen LogP contribution in [0.2, 0.25) is 0 Å². The molecule has 2 saturated heterocycles. The third-order valence-electron chi connectivity index (χ3n) is 4.61. The summed E-state index contributed by atoms with van der Waals surface area (Å²) in [5.74, 6) is 0. The number of hydrogen-bond acceptors (Lipinski definition) is 5. The van der Waals surface area contributed by atoms with Gasteiger partial charge in [-0.15, -0.1) is 0 Å². The first kappa shape index (κ1) is 14.9. The van der Waals surface area contributed by atoms with Crippen molar-refractivity contribution in [2.75, 3.05) is 13.2 Å². The third kappa shape index (κ3) is 3.12. The van der Waals surface area contributed by atoms with Crippen LogP contribution in [-0.4, -0.2) is 63.8 Å². The number of hydrogen-bond donors (Lipinski definition) is 3. The molecule has 0 amide bonds. The molecule has 5 nitrogen and oxygen atoms in total. The molecule has 1 aromatic rings. The summed E-state index contributed by atoms with van der Waals surface area (Å²) in [7, 11) is 0. The van der Waals surface area contributed by atoms with Crippen LogP contribution >= 0.6 is 0 Å². The monoisotopic (exact) mass is 293 g/mol. The Kier molecular flexibility index (Phi) is 4.57. The van der Waals surface area contributed by atoms with Crippen LogP contribution in [0, 0.1) is 0 Å². The SMILES string of the molecule is OC1CCC(COCc2ccccc2)N2C[C@H](O)C(O)[C@H]12. The van der Waals surface area contributed by atoms with Gasteiger partial charge in [0, 0.05) is 12.6 Å². The molecule has 116 valence electrons. The highest BCUT2D eigenvalue weighted by atomic mass is 16.5. The summed E-state index contributed by atoms with van der Waals surface area (Å²) in [5, 5.41) is 29.9. The van der Waals surface area contributed by atoms with Crippen LogP contribution in [-0.2, 0) is 11.3 Å². The van der Waals surface area contributed by atoms with Crippen molar-refractivity contribution in [1.82, 2.24) is 4.90 Å². The zero-order chi connectivity index (χ0) is 14.8. The minimum atomic E-state index is -0.864. The number of aliphatic hydroxyl groups excluding tert-OH is 3. The molecule has 21 heavy (non-hydrogen) atoms. The maximum absolute atomic E-state index is 10.0. The highest BCUT2D eigenvalue weighted by Gasteiger charge is 2.48. The number of fused-ring (bicyclic) bond motifs is 1. The van der Waals surface area contributed by atoms with Crippen LogP contribution in [0.3, 0.4) is 0 Å². The van der Waals surface area contributed by atoms with E-state index in [9.17, 15) is 15.3 Å². The van der Waals surface area contributed by atoms with Gasteiger partial charge in [-0.3, -0.25) is 4.90 Å². The standard InChI is InChI=1S/C16H23NO4/c18-13-7-6-12(17-8-14(19)16(20)15(13)17)10-21-9-11-4-2-1-3-5-11/h1-5,12-16,18-20H,6-10H2/t12?,13?,14-,15-,16?/m0/s1. The van der Waals surface area contributed by atoms with Gasteiger partial charge in [-0.1, -0.05) is 30.3 Å². The van der Waals surface area contributed by atoms with E-state index in [2.05, 4.69) is 0 Å². The Bertz CT molecular complexity index is 455. The number of piperidine rings is 1. The van der Waals surface area contributed by atoms with E-state index in [-0.39, 0.29) is 12.1 Å². The van der Waals surface area contributed by atoms with Crippen LogP contribution in [0.5, 0.6) is 0 Å². The van der Waals surface area contributed by atoms with Gasteiger partial charge in [0.05, 0.1) is 37.6 Å². The van der Waals surface area contributed by atoms with Crippen molar-refractivity contribution in [2.24, 2.45) is 0 Å². The smallest absolute Gasteiger partial charge is 0.0991 e. The molecule has 0 bridgehead atoms. The lowest BCUT2D eigenvalue weighted by Crippen LogP contribution is -2.54. The molecule has 2 fully saturated rings. The molecule has 3 unspecified atom stereocenters. The van der Waals surface area contributed by atoms with E-state index in [1.54, 1.807) is 0 Å². The van der Waals surface area contributed by atoms with Crippen molar-refractivity contribution in [3.05, 3.63) is 35.9 Å². The van der Waals surface area contributed by atoms with Gasteiger partial charge < -0.3 is 20.1 Å². The van der Waals surface area contributed by atoms with E-state index in [1.807, 2.05) is 35.2 Å². The second kappa shape index (κ2) is 6.42. The highest BCUT2D eigenvalue weighted by molar-refractivity contribution is 5.13. The van der Waals surface area contributed by atoms with Crippen LogP contribution in [0.1, 0.15) is 18.4 Å². The van der Waals surface area contributed by atoms with Crippen molar-refractivity contribution in [1.29, 1.82) is 0 Å². The fourth-order valence-electron chi connectivity index (χ4n) is 3.48. The molecular formula is C16H23NO4. The molecule has 1 aromatic carbocycles. The lowest BCUT2D eigenvalue weighted by Gasteiger charge is -2.40. The Balaban J connectivity index is 1.56. The molecule has 3 N–H and O–H groups in total. The molecule has 5 atom stereocenters. The van der Waals surface area contributed by atoms with Crippen molar-refractivity contribution in [3.63, 3.8) is 0 Å². The van der Waals surface area contributed by atoms with E-state index in [4.69, 9.17) is 4.74 Å². The van der Waals surface area contributed by atoms with Crippen LogP contribution < -0.4 is 0 Å². The summed E-state index contributed by atoms with van der Waals surface area (Å²) in [4.78, 5) is 2.01. The van der Waals surface area contributed by atoms with Gasteiger partial charge in [0.15, 0.2) is 0 Å². The molecule has 3 rings (SSSR count). The summed E-state index contributed by atoms with van der Waals surface area (Å²) >= 11 is 0. The Morgan fingerprint density at radius 2 is 1.81 bits per heavy atom. The van der Waals surface area contributed by atoms with Gasteiger partial charge in [-0.25, -0.2) is 0 Å². The summed E-state index contributed by atoms with van der Waals surface area (Å²) in [5.41, 5.74) is 1.13. The van der Waals surface area contributed by atoms with E-state index in [1.165, 1.54) is 0 Å². The minimum Gasteiger partial charge on any atom is -0.391 e. The largest absolute Gasteiger partial charge is 0.391 e. The molecule has 0 spiro atoms. The maximum atomic E-state index is 10.0.